The Bertz CT molecular complexity index is 788. The summed E-state index contributed by atoms with van der Waals surface area (Å²) < 4.78 is 15.9. The molecule has 0 spiro atoms. The summed E-state index contributed by atoms with van der Waals surface area (Å²) in [5.74, 6) is -0.250. The SMILES string of the molecule is Cc1c(F)cccc1-n1c(=S)[nH]c2cccnc21. The Morgan fingerprint density at radius 3 is 2.94 bits per heavy atom. The van der Waals surface area contributed by atoms with E-state index in [9.17, 15) is 4.39 Å². The molecule has 0 saturated heterocycles. The number of aromatic nitrogens is 3. The lowest BCUT2D eigenvalue weighted by molar-refractivity contribution is 0.617. The number of benzene rings is 1. The van der Waals surface area contributed by atoms with Crippen LogP contribution in [0.4, 0.5) is 4.39 Å². The Hall–Kier alpha value is -2.01. The average Bonchev–Trinajstić information content (AvgIpc) is 2.69. The van der Waals surface area contributed by atoms with E-state index in [2.05, 4.69) is 9.97 Å². The molecule has 0 aliphatic heterocycles. The van der Waals surface area contributed by atoms with Gasteiger partial charge in [-0.2, -0.15) is 0 Å². The Kier molecular flexibility index (Phi) is 2.48. The van der Waals surface area contributed by atoms with Gasteiger partial charge in [0.25, 0.3) is 0 Å². The van der Waals surface area contributed by atoms with Crippen LogP contribution in [0.3, 0.4) is 0 Å². The van der Waals surface area contributed by atoms with Crippen LogP contribution in [-0.4, -0.2) is 14.5 Å². The maximum absolute atomic E-state index is 13.6. The predicted molar refractivity (Wildman–Crippen MR) is 70.9 cm³/mol. The molecule has 0 fully saturated rings. The quantitative estimate of drug-likeness (QED) is 0.678. The Labute approximate surface area is 108 Å². The van der Waals surface area contributed by atoms with Gasteiger partial charge in [-0.05, 0) is 43.4 Å². The van der Waals surface area contributed by atoms with Crippen LogP contribution in [0.2, 0.25) is 0 Å². The molecule has 90 valence electrons. The maximum Gasteiger partial charge on any atom is 0.184 e. The molecule has 1 aromatic carbocycles. The molecule has 18 heavy (non-hydrogen) atoms. The van der Waals surface area contributed by atoms with Crippen molar-refractivity contribution < 1.29 is 4.39 Å². The monoisotopic (exact) mass is 259 g/mol. The number of aromatic amines is 1. The van der Waals surface area contributed by atoms with Gasteiger partial charge < -0.3 is 4.98 Å². The van der Waals surface area contributed by atoms with E-state index in [-0.39, 0.29) is 5.82 Å². The molecule has 3 rings (SSSR count). The van der Waals surface area contributed by atoms with Crippen LogP contribution in [0.1, 0.15) is 5.56 Å². The van der Waals surface area contributed by atoms with Crippen LogP contribution in [-0.2, 0) is 0 Å². The lowest BCUT2D eigenvalue weighted by Gasteiger charge is -2.08. The summed E-state index contributed by atoms with van der Waals surface area (Å²) >= 11 is 5.28. The molecular formula is C13H10FN3S. The van der Waals surface area contributed by atoms with Gasteiger partial charge in [-0.25, -0.2) is 9.37 Å². The van der Waals surface area contributed by atoms with Crippen LogP contribution in [0, 0.1) is 17.5 Å². The van der Waals surface area contributed by atoms with E-state index >= 15 is 0 Å². The number of H-pyrrole nitrogens is 1. The highest BCUT2D eigenvalue weighted by Gasteiger charge is 2.11. The molecule has 0 atom stereocenters. The molecule has 1 N–H and O–H groups in total. The first-order valence-electron chi connectivity index (χ1n) is 5.50. The van der Waals surface area contributed by atoms with Crippen molar-refractivity contribution in [2.24, 2.45) is 0 Å². The molecule has 0 amide bonds. The summed E-state index contributed by atoms with van der Waals surface area (Å²) in [6.45, 7) is 1.73. The topological polar surface area (TPSA) is 33.6 Å². The van der Waals surface area contributed by atoms with Gasteiger partial charge in [0.2, 0.25) is 0 Å². The number of hydrogen-bond donors (Lipinski definition) is 1. The van der Waals surface area contributed by atoms with E-state index in [1.807, 2.05) is 18.2 Å². The zero-order chi connectivity index (χ0) is 12.7. The summed E-state index contributed by atoms with van der Waals surface area (Å²) in [5.41, 5.74) is 2.81. The van der Waals surface area contributed by atoms with Gasteiger partial charge in [0.1, 0.15) is 5.82 Å². The Morgan fingerprint density at radius 2 is 2.11 bits per heavy atom. The minimum absolute atomic E-state index is 0.250. The second-order valence-corrected chi connectivity index (χ2v) is 4.41. The Balaban J connectivity index is 2.42. The van der Waals surface area contributed by atoms with Crippen molar-refractivity contribution in [3.05, 3.63) is 52.7 Å². The van der Waals surface area contributed by atoms with Crippen molar-refractivity contribution in [1.29, 1.82) is 0 Å². The number of nitrogens with zero attached hydrogens (tertiary/aromatic N) is 2. The summed E-state index contributed by atoms with van der Waals surface area (Å²) in [7, 11) is 0. The van der Waals surface area contributed by atoms with Crippen molar-refractivity contribution in [2.75, 3.05) is 0 Å². The number of halogens is 1. The molecule has 0 saturated carbocycles. The summed E-state index contributed by atoms with van der Waals surface area (Å²) in [6, 6.07) is 8.65. The van der Waals surface area contributed by atoms with E-state index in [1.54, 1.807) is 23.8 Å². The summed E-state index contributed by atoms with van der Waals surface area (Å²) in [6.07, 6.45) is 1.69. The first-order valence-corrected chi connectivity index (χ1v) is 5.90. The molecule has 2 heterocycles. The number of pyridine rings is 1. The molecule has 0 aliphatic rings. The predicted octanol–water partition coefficient (Wildman–Crippen LogP) is 3.53. The zero-order valence-electron chi connectivity index (χ0n) is 9.64. The van der Waals surface area contributed by atoms with Gasteiger partial charge in [0, 0.05) is 11.8 Å². The fourth-order valence-electron chi connectivity index (χ4n) is 2.00. The molecule has 0 bridgehead atoms. The fraction of sp³-hybridized carbons (Fsp3) is 0.0769. The largest absolute Gasteiger partial charge is 0.329 e. The van der Waals surface area contributed by atoms with Gasteiger partial charge >= 0.3 is 0 Å². The van der Waals surface area contributed by atoms with Gasteiger partial charge in [-0.3, -0.25) is 4.57 Å². The number of fused-ring (bicyclic) bond motifs is 1. The van der Waals surface area contributed by atoms with Crippen LogP contribution < -0.4 is 0 Å². The van der Waals surface area contributed by atoms with Gasteiger partial charge in [-0.15, -0.1) is 0 Å². The molecule has 3 aromatic rings. The third-order valence-electron chi connectivity index (χ3n) is 2.92. The lowest BCUT2D eigenvalue weighted by Crippen LogP contribution is -1.99. The first-order chi connectivity index (χ1) is 8.68. The zero-order valence-corrected chi connectivity index (χ0v) is 10.5. The number of hydrogen-bond acceptors (Lipinski definition) is 2. The van der Waals surface area contributed by atoms with Crippen LogP contribution in [0.5, 0.6) is 0 Å². The fourth-order valence-corrected chi connectivity index (χ4v) is 2.30. The third kappa shape index (κ3) is 1.55. The van der Waals surface area contributed by atoms with Crippen LogP contribution in [0.15, 0.2) is 36.5 Å². The summed E-state index contributed by atoms with van der Waals surface area (Å²) in [4.78, 5) is 7.36. The van der Waals surface area contributed by atoms with Crippen molar-refractivity contribution >= 4 is 23.4 Å². The number of imidazole rings is 1. The molecule has 3 nitrogen and oxygen atoms in total. The second-order valence-electron chi connectivity index (χ2n) is 4.02. The maximum atomic E-state index is 13.6. The van der Waals surface area contributed by atoms with E-state index in [0.29, 0.717) is 21.7 Å². The van der Waals surface area contributed by atoms with Crippen molar-refractivity contribution in [1.82, 2.24) is 14.5 Å². The molecule has 5 heteroatoms. The van der Waals surface area contributed by atoms with Crippen molar-refractivity contribution in [3.8, 4) is 5.69 Å². The van der Waals surface area contributed by atoms with E-state index in [4.69, 9.17) is 12.2 Å². The van der Waals surface area contributed by atoms with Crippen LogP contribution >= 0.6 is 12.2 Å². The molecular weight excluding hydrogens is 249 g/mol. The molecule has 0 radical (unpaired) electrons. The highest BCUT2D eigenvalue weighted by molar-refractivity contribution is 7.71. The van der Waals surface area contributed by atoms with Gasteiger partial charge in [0.15, 0.2) is 10.4 Å². The molecule has 0 unspecified atom stereocenters. The standard InChI is InChI=1S/C13H10FN3S/c1-8-9(14)4-2-6-11(8)17-12-10(16-13(17)18)5-3-7-15-12/h2-7H,1H3,(H,16,18). The van der Waals surface area contributed by atoms with E-state index in [0.717, 1.165) is 5.52 Å². The van der Waals surface area contributed by atoms with E-state index in [1.165, 1.54) is 6.07 Å². The first kappa shape index (κ1) is 11.1. The Morgan fingerprint density at radius 1 is 1.28 bits per heavy atom. The number of rotatable bonds is 1. The third-order valence-corrected chi connectivity index (χ3v) is 3.21. The van der Waals surface area contributed by atoms with E-state index < -0.39 is 0 Å². The van der Waals surface area contributed by atoms with Crippen LogP contribution in [0.25, 0.3) is 16.9 Å². The highest BCUT2D eigenvalue weighted by atomic mass is 32.1. The molecule has 2 aromatic heterocycles. The number of nitrogens with one attached hydrogen (secondary N) is 1. The minimum atomic E-state index is -0.250. The minimum Gasteiger partial charge on any atom is -0.329 e. The van der Waals surface area contributed by atoms with Gasteiger partial charge in [-0.1, -0.05) is 6.07 Å². The smallest absolute Gasteiger partial charge is 0.184 e. The lowest BCUT2D eigenvalue weighted by atomic mass is 10.2. The van der Waals surface area contributed by atoms with Crippen molar-refractivity contribution in [2.45, 2.75) is 6.92 Å². The average molecular weight is 259 g/mol. The summed E-state index contributed by atoms with van der Waals surface area (Å²) in [5, 5.41) is 0. The van der Waals surface area contributed by atoms with Crippen molar-refractivity contribution in [3.63, 3.8) is 0 Å². The van der Waals surface area contributed by atoms with Gasteiger partial charge in [0.05, 0.1) is 11.2 Å². The highest BCUT2D eigenvalue weighted by Crippen LogP contribution is 2.21. The molecule has 0 aliphatic carbocycles. The normalized spacial score (nSPS) is 11.0. The second kappa shape index (κ2) is 4.03.